The minimum atomic E-state index is -0.112. The summed E-state index contributed by atoms with van der Waals surface area (Å²) in [6, 6.07) is 13.9. The highest BCUT2D eigenvalue weighted by molar-refractivity contribution is 7.99. The Morgan fingerprint density at radius 1 is 1.31 bits per heavy atom. The van der Waals surface area contributed by atoms with Crippen LogP contribution in [0.4, 0.5) is 0 Å². The summed E-state index contributed by atoms with van der Waals surface area (Å²) in [5.41, 5.74) is 1.90. The summed E-state index contributed by atoms with van der Waals surface area (Å²) < 4.78 is 10.8. The van der Waals surface area contributed by atoms with Crippen LogP contribution in [0.5, 0.6) is 0 Å². The number of nitrogens with zero attached hydrogens (tertiary/aromatic N) is 1. The molecule has 1 aromatic heterocycles. The Balaban J connectivity index is 1.61. The Labute approximate surface area is 158 Å². The molecule has 26 heavy (non-hydrogen) atoms. The fraction of sp³-hybridized carbons (Fsp3) is 0.400. The van der Waals surface area contributed by atoms with Gasteiger partial charge in [-0.2, -0.15) is 0 Å². The number of rotatable bonds is 7. The minimum absolute atomic E-state index is 0.0383. The fourth-order valence-corrected chi connectivity index (χ4v) is 3.93. The highest BCUT2D eigenvalue weighted by Gasteiger charge is 2.28. The molecule has 2 atom stereocenters. The normalized spacial score (nSPS) is 19.9. The van der Waals surface area contributed by atoms with Crippen LogP contribution in [0.1, 0.15) is 22.3 Å². The van der Waals surface area contributed by atoms with E-state index in [1.54, 1.807) is 31.1 Å². The van der Waals surface area contributed by atoms with Gasteiger partial charge in [0.1, 0.15) is 11.1 Å². The van der Waals surface area contributed by atoms with Crippen molar-refractivity contribution in [3.8, 4) is 0 Å². The summed E-state index contributed by atoms with van der Waals surface area (Å²) >= 11 is 1.61. The average molecular weight is 372 g/mol. The third-order valence-electron chi connectivity index (χ3n) is 4.41. The number of pyridine rings is 1. The largest absolute Gasteiger partial charge is 0.379 e. The molecule has 0 aliphatic carbocycles. The number of aryl methyl sites for hydroxylation is 1. The SMILES string of the molecule is CO[C@@H]1COCC[C@H]1NC(=O)c1cccnc1SCCc1ccccc1. The van der Waals surface area contributed by atoms with Crippen molar-refractivity contribution in [1.29, 1.82) is 0 Å². The molecule has 0 saturated carbocycles. The Bertz CT molecular complexity index is 711. The second kappa shape index (κ2) is 9.71. The van der Waals surface area contributed by atoms with Gasteiger partial charge in [-0.3, -0.25) is 4.79 Å². The Hall–Kier alpha value is -1.89. The maximum absolute atomic E-state index is 12.8. The molecule has 1 saturated heterocycles. The lowest BCUT2D eigenvalue weighted by Crippen LogP contribution is -2.49. The Morgan fingerprint density at radius 2 is 2.15 bits per heavy atom. The molecule has 0 spiro atoms. The summed E-state index contributed by atoms with van der Waals surface area (Å²) in [4.78, 5) is 17.2. The van der Waals surface area contributed by atoms with Gasteiger partial charge in [-0.1, -0.05) is 30.3 Å². The van der Waals surface area contributed by atoms with Crippen LogP contribution in [0.25, 0.3) is 0 Å². The summed E-state index contributed by atoms with van der Waals surface area (Å²) in [5.74, 6) is 0.772. The average Bonchev–Trinajstić information content (AvgIpc) is 2.69. The fourth-order valence-electron chi connectivity index (χ4n) is 2.94. The van der Waals surface area contributed by atoms with Gasteiger partial charge in [0.2, 0.25) is 0 Å². The van der Waals surface area contributed by atoms with Crippen LogP contribution >= 0.6 is 11.8 Å². The summed E-state index contributed by atoms with van der Waals surface area (Å²) in [6.45, 7) is 1.14. The number of thioether (sulfide) groups is 1. The number of amides is 1. The second-order valence-corrected chi connectivity index (χ2v) is 7.24. The number of nitrogens with one attached hydrogen (secondary N) is 1. The van der Waals surface area contributed by atoms with Crippen molar-refractivity contribution < 1.29 is 14.3 Å². The lowest BCUT2D eigenvalue weighted by atomic mass is 10.1. The van der Waals surface area contributed by atoms with E-state index < -0.39 is 0 Å². The molecular weight excluding hydrogens is 348 g/mol. The van der Waals surface area contributed by atoms with Gasteiger partial charge in [-0.05, 0) is 30.5 Å². The molecule has 0 unspecified atom stereocenters. The predicted octanol–water partition coefficient (Wildman–Crippen LogP) is 2.95. The maximum atomic E-state index is 12.8. The second-order valence-electron chi connectivity index (χ2n) is 6.16. The zero-order valence-corrected chi connectivity index (χ0v) is 15.7. The van der Waals surface area contributed by atoms with Crippen LogP contribution in [-0.2, 0) is 15.9 Å². The first-order valence-electron chi connectivity index (χ1n) is 8.81. The van der Waals surface area contributed by atoms with Crippen LogP contribution in [0, 0.1) is 0 Å². The first kappa shape index (κ1) is 18.9. The number of ether oxygens (including phenoxy) is 2. The molecule has 3 rings (SSSR count). The molecule has 1 aliphatic rings. The minimum Gasteiger partial charge on any atom is -0.379 e. The zero-order chi connectivity index (χ0) is 18.2. The van der Waals surface area contributed by atoms with E-state index in [-0.39, 0.29) is 18.1 Å². The molecule has 138 valence electrons. The lowest BCUT2D eigenvalue weighted by Gasteiger charge is -2.31. The number of methoxy groups -OCH3 is 1. The van der Waals surface area contributed by atoms with E-state index in [9.17, 15) is 4.79 Å². The first-order chi connectivity index (χ1) is 12.8. The summed E-state index contributed by atoms with van der Waals surface area (Å²) in [6.07, 6.45) is 3.31. The Kier molecular flexibility index (Phi) is 7.05. The van der Waals surface area contributed by atoms with Crippen molar-refractivity contribution in [3.63, 3.8) is 0 Å². The highest BCUT2D eigenvalue weighted by atomic mass is 32.2. The molecule has 5 nitrogen and oxygen atoms in total. The number of carbonyl (C=O) groups is 1. The van der Waals surface area contributed by atoms with Gasteiger partial charge in [-0.15, -0.1) is 11.8 Å². The molecule has 2 heterocycles. The number of benzene rings is 1. The number of hydrogen-bond acceptors (Lipinski definition) is 5. The molecule has 1 amide bonds. The third-order valence-corrected chi connectivity index (χ3v) is 5.42. The van der Waals surface area contributed by atoms with Crippen molar-refractivity contribution in [2.24, 2.45) is 0 Å². The van der Waals surface area contributed by atoms with Gasteiger partial charge in [0, 0.05) is 25.7 Å². The molecule has 1 aliphatic heterocycles. The number of aromatic nitrogens is 1. The monoisotopic (exact) mass is 372 g/mol. The molecule has 1 aromatic carbocycles. The maximum Gasteiger partial charge on any atom is 0.254 e. The molecule has 1 N–H and O–H groups in total. The van der Waals surface area contributed by atoms with E-state index in [1.165, 1.54) is 5.56 Å². The molecule has 0 bridgehead atoms. The summed E-state index contributed by atoms with van der Waals surface area (Å²) in [7, 11) is 1.65. The molecular formula is C20H24N2O3S. The number of carbonyl (C=O) groups excluding carboxylic acids is 1. The number of hydrogen-bond donors (Lipinski definition) is 1. The smallest absolute Gasteiger partial charge is 0.254 e. The van der Waals surface area contributed by atoms with Crippen molar-refractivity contribution >= 4 is 17.7 Å². The van der Waals surface area contributed by atoms with Crippen LogP contribution in [-0.4, -0.2) is 49.1 Å². The van der Waals surface area contributed by atoms with Crippen LogP contribution in [0.2, 0.25) is 0 Å². The third kappa shape index (κ3) is 5.06. The zero-order valence-electron chi connectivity index (χ0n) is 14.9. The standard InChI is InChI=1S/C20H24N2O3S/c1-24-18-14-25-12-9-17(18)22-19(23)16-8-5-11-21-20(16)26-13-10-15-6-3-2-4-7-15/h2-8,11,17-18H,9-10,12-14H2,1H3,(H,22,23)/t17-,18-/m1/s1. The van der Waals surface area contributed by atoms with Gasteiger partial charge >= 0.3 is 0 Å². The van der Waals surface area contributed by atoms with E-state index >= 15 is 0 Å². The molecule has 2 aromatic rings. The van der Waals surface area contributed by atoms with Crippen LogP contribution < -0.4 is 5.32 Å². The molecule has 6 heteroatoms. The van der Waals surface area contributed by atoms with E-state index in [0.29, 0.717) is 18.8 Å². The van der Waals surface area contributed by atoms with E-state index in [4.69, 9.17) is 9.47 Å². The van der Waals surface area contributed by atoms with Crippen LogP contribution in [0.3, 0.4) is 0 Å². The van der Waals surface area contributed by atoms with Crippen LogP contribution in [0.15, 0.2) is 53.7 Å². The predicted molar refractivity (Wildman–Crippen MR) is 103 cm³/mol. The lowest BCUT2D eigenvalue weighted by molar-refractivity contribution is -0.0479. The summed E-state index contributed by atoms with van der Waals surface area (Å²) in [5, 5.41) is 3.85. The van der Waals surface area contributed by atoms with Gasteiger partial charge < -0.3 is 14.8 Å². The molecule has 0 radical (unpaired) electrons. The quantitative estimate of drug-likeness (QED) is 0.757. The highest BCUT2D eigenvalue weighted by Crippen LogP contribution is 2.22. The van der Waals surface area contributed by atoms with Crippen molar-refractivity contribution in [3.05, 3.63) is 59.8 Å². The van der Waals surface area contributed by atoms with Gasteiger partial charge in [0.05, 0.1) is 18.2 Å². The van der Waals surface area contributed by atoms with Crippen molar-refractivity contribution in [2.75, 3.05) is 26.1 Å². The van der Waals surface area contributed by atoms with Crippen molar-refractivity contribution in [2.45, 2.75) is 30.0 Å². The molecule has 1 fully saturated rings. The topological polar surface area (TPSA) is 60.5 Å². The van der Waals surface area contributed by atoms with Gasteiger partial charge in [-0.25, -0.2) is 4.98 Å². The van der Waals surface area contributed by atoms with Gasteiger partial charge in [0.15, 0.2) is 0 Å². The van der Waals surface area contributed by atoms with E-state index in [2.05, 4.69) is 22.4 Å². The Morgan fingerprint density at radius 3 is 2.96 bits per heavy atom. The van der Waals surface area contributed by atoms with E-state index in [0.717, 1.165) is 23.6 Å². The van der Waals surface area contributed by atoms with Gasteiger partial charge in [0.25, 0.3) is 5.91 Å². The first-order valence-corrected chi connectivity index (χ1v) is 9.79. The van der Waals surface area contributed by atoms with Crippen molar-refractivity contribution in [1.82, 2.24) is 10.3 Å². The van der Waals surface area contributed by atoms with E-state index in [1.807, 2.05) is 24.3 Å².